The highest BCUT2D eigenvalue weighted by atomic mass is 16.2. The lowest BCUT2D eigenvalue weighted by molar-refractivity contribution is -0.144. The highest BCUT2D eigenvalue weighted by molar-refractivity contribution is 5.83. The van der Waals surface area contributed by atoms with Gasteiger partial charge in [0, 0.05) is 24.5 Å². The maximum Gasteiger partial charge on any atom is 0.228 e. The van der Waals surface area contributed by atoms with Crippen molar-refractivity contribution in [1.82, 2.24) is 4.90 Å². The lowest BCUT2D eigenvalue weighted by Gasteiger charge is -2.41. The summed E-state index contributed by atoms with van der Waals surface area (Å²) in [6.45, 7) is 6.12. The maximum absolute atomic E-state index is 12.8. The lowest BCUT2D eigenvalue weighted by atomic mass is 9.80. The summed E-state index contributed by atoms with van der Waals surface area (Å²) in [7, 11) is 0. The van der Waals surface area contributed by atoms with E-state index in [1.54, 1.807) is 0 Å². The standard InChI is InChI=1S/C15H28N2O/c1-3-12-11-17(10-7-13(12)16)14(18)15(4-2)8-5-6-9-15/h12-13H,3-11,16H2,1-2H3. The normalized spacial score (nSPS) is 31.6. The molecule has 2 aliphatic rings. The summed E-state index contributed by atoms with van der Waals surface area (Å²) in [6, 6.07) is 0.292. The molecule has 0 aromatic carbocycles. The summed E-state index contributed by atoms with van der Waals surface area (Å²) < 4.78 is 0. The largest absolute Gasteiger partial charge is 0.342 e. The van der Waals surface area contributed by atoms with Crippen LogP contribution in [0.25, 0.3) is 0 Å². The van der Waals surface area contributed by atoms with E-state index < -0.39 is 0 Å². The van der Waals surface area contributed by atoms with Gasteiger partial charge in [-0.2, -0.15) is 0 Å². The first-order chi connectivity index (χ1) is 8.63. The fraction of sp³-hybridized carbons (Fsp3) is 0.933. The van der Waals surface area contributed by atoms with Gasteiger partial charge in [0.25, 0.3) is 0 Å². The summed E-state index contributed by atoms with van der Waals surface area (Å²) >= 11 is 0. The van der Waals surface area contributed by atoms with Crippen molar-refractivity contribution in [3.8, 4) is 0 Å². The number of likely N-dealkylation sites (tertiary alicyclic amines) is 1. The van der Waals surface area contributed by atoms with Crippen LogP contribution in [0.1, 0.15) is 58.8 Å². The van der Waals surface area contributed by atoms with Gasteiger partial charge in [-0.25, -0.2) is 0 Å². The van der Waals surface area contributed by atoms with Gasteiger partial charge in [0.15, 0.2) is 0 Å². The molecule has 0 bridgehead atoms. The van der Waals surface area contributed by atoms with Crippen molar-refractivity contribution in [2.45, 2.75) is 64.8 Å². The number of nitrogens with zero attached hydrogens (tertiary/aromatic N) is 1. The number of nitrogens with two attached hydrogens (primary N) is 1. The van der Waals surface area contributed by atoms with Gasteiger partial charge in [-0.1, -0.05) is 33.1 Å². The number of hydrogen-bond acceptors (Lipinski definition) is 2. The second-order valence-electron chi connectivity index (χ2n) is 6.21. The van der Waals surface area contributed by atoms with Gasteiger partial charge in [-0.3, -0.25) is 4.79 Å². The Bertz CT molecular complexity index is 297. The van der Waals surface area contributed by atoms with E-state index in [1.165, 1.54) is 12.8 Å². The smallest absolute Gasteiger partial charge is 0.228 e. The molecule has 1 saturated carbocycles. The van der Waals surface area contributed by atoms with E-state index in [-0.39, 0.29) is 5.41 Å². The lowest BCUT2D eigenvalue weighted by Crippen LogP contribution is -2.52. The van der Waals surface area contributed by atoms with Crippen molar-refractivity contribution in [1.29, 1.82) is 0 Å². The van der Waals surface area contributed by atoms with Crippen LogP contribution in [-0.2, 0) is 4.79 Å². The summed E-state index contributed by atoms with van der Waals surface area (Å²) in [5, 5.41) is 0. The van der Waals surface area contributed by atoms with E-state index >= 15 is 0 Å². The van der Waals surface area contributed by atoms with Gasteiger partial charge in [0.1, 0.15) is 0 Å². The number of amides is 1. The molecule has 1 saturated heterocycles. The predicted molar refractivity (Wildman–Crippen MR) is 74.1 cm³/mol. The molecule has 3 heteroatoms. The van der Waals surface area contributed by atoms with Crippen LogP contribution in [0.5, 0.6) is 0 Å². The van der Waals surface area contributed by atoms with Gasteiger partial charge in [-0.15, -0.1) is 0 Å². The molecule has 18 heavy (non-hydrogen) atoms. The minimum atomic E-state index is -0.0280. The first-order valence-corrected chi connectivity index (χ1v) is 7.68. The molecule has 0 aromatic rings. The van der Waals surface area contributed by atoms with E-state index in [2.05, 4.69) is 18.7 Å². The van der Waals surface area contributed by atoms with E-state index in [9.17, 15) is 4.79 Å². The monoisotopic (exact) mass is 252 g/mol. The molecule has 0 aromatic heterocycles. The Balaban J connectivity index is 2.04. The SMILES string of the molecule is CCC1CN(C(=O)C2(CC)CCCC2)CCC1N. The highest BCUT2D eigenvalue weighted by Crippen LogP contribution is 2.43. The average molecular weight is 252 g/mol. The third kappa shape index (κ3) is 2.42. The van der Waals surface area contributed by atoms with Gasteiger partial charge in [0.2, 0.25) is 5.91 Å². The van der Waals surface area contributed by atoms with Gasteiger partial charge >= 0.3 is 0 Å². The molecular weight excluding hydrogens is 224 g/mol. The molecule has 104 valence electrons. The molecule has 1 aliphatic heterocycles. The first kappa shape index (κ1) is 13.9. The predicted octanol–water partition coefficient (Wildman–Crippen LogP) is 2.54. The molecule has 0 spiro atoms. The second-order valence-corrected chi connectivity index (χ2v) is 6.21. The Kier molecular flexibility index (Phi) is 4.31. The van der Waals surface area contributed by atoms with Crippen molar-refractivity contribution < 1.29 is 4.79 Å². The molecule has 2 unspecified atom stereocenters. The molecule has 1 amide bonds. The van der Waals surface area contributed by atoms with Crippen LogP contribution in [0, 0.1) is 11.3 Å². The number of carbonyl (C=O) groups is 1. The molecule has 2 rings (SSSR count). The van der Waals surface area contributed by atoms with E-state index in [0.717, 1.165) is 45.2 Å². The minimum Gasteiger partial charge on any atom is -0.342 e. The van der Waals surface area contributed by atoms with E-state index in [4.69, 9.17) is 5.73 Å². The second kappa shape index (κ2) is 5.60. The summed E-state index contributed by atoms with van der Waals surface area (Å²) in [5.41, 5.74) is 6.10. The summed E-state index contributed by atoms with van der Waals surface area (Å²) in [6.07, 6.45) is 7.72. The zero-order chi connectivity index (χ0) is 13.2. The Morgan fingerprint density at radius 1 is 1.33 bits per heavy atom. The number of hydrogen-bond donors (Lipinski definition) is 1. The van der Waals surface area contributed by atoms with Crippen LogP contribution in [0.15, 0.2) is 0 Å². The van der Waals surface area contributed by atoms with Crippen molar-refractivity contribution in [2.75, 3.05) is 13.1 Å². The first-order valence-electron chi connectivity index (χ1n) is 7.68. The molecule has 2 N–H and O–H groups in total. The Hall–Kier alpha value is -0.570. The molecule has 2 atom stereocenters. The number of piperidine rings is 1. The van der Waals surface area contributed by atoms with Crippen LogP contribution >= 0.6 is 0 Å². The van der Waals surface area contributed by atoms with Crippen LogP contribution in [0.2, 0.25) is 0 Å². The summed E-state index contributed by atoms with van der Waals surface area (Å²) in [5.74, 6) is 0.922. The third-order valence-electron chi connectivity index (χ3n) is 5.30. The van der Waals surface area contributed by atoms with E-state index in [0.29, 0.717) is 17.9 Å². The van der Waals surface area contributed by atoms with Crippen LogP contribution in [-0.4, -0.2) is 29.9 Å². The highest BCUT2D eigenvalue weighted by Gasteiger charge is 2.43. The fourth-order valence-electron chi connectivity index (χ4n) is 3.77. The molecule has 1 heterocycles. The number of carbonyl (C=O) groups excluding carboxylic acids is 1. The Labute approximate surface area is 111 Å². The van der Waals surface area contributed by atoms with Crippen LogP contribution in [0.4, 0.5) is 0 Å². The molecule has 2 fully saturated rings. The van der Waals surface area contributed by atoms with Gasteiger partial charge in [0.05, 0.1) is 0 Å². The van der Waals surface area contributed by atoms with Crippen LogP contribution in [0.3, 0.4) is 0 Å². The number of rotatable bonds is 3. The summed E-state index contributed by atoms with van der Waals surface area (Å²) in [4.78, 5) is 14.9. The molecular formula is C15H28N2O. The molecule has 3 nitrogen and oxygen atoms in total. The van der Waals surface area contributed by atoms with Crippen molar-refractivity contribution in [2.24, 2.45) is 17.1 Å². The van der Waals surface area contributed by atoms with Gasteiger partial charge in [-0.05, 0) is 31.6 Å². The van der Waals surface area contributed by atoms with E-state index in [1.807, 2.05) is 0 Å². The average Bonchev–Trinajstić information content (AvgIpc) is 2.88. The maximum atomic E-state index is 12.8. The fourth-order valence-corrected chi connectivity index (χ4v) is 3.77. The van der Waals surface area contributed by atoms with Crippen molar-refractivity contribution in [3.05, 3.63) is 0 Å². The van der Waals surface area contributed by atoms with Gasteiger partial charge < -0.3 is 10.6 Å². The molecule has 0 radical (unpaired) electrons. The topological polar surface area (TPSA) is 46.3 Å². The molecule has 1 aliphatic carbocycles. The Morgan fingerprint density at radius 3 is 2.56 bits per heavy atom. The quantitative estimate of drug-likeness (QED) is 0.839. The van der Waals surface area contributed by atoms with Crippen molar-refractivity contribution >= 4 is 5.91 Å². The third-order valence-corrected chi connectivity index (χ3v) is 5.30. The van der Waals surface area contributed by atoms with Crippen molar-refractivity contribution in [3.63, 3.8) is 0 Å². The Morgan fingerprint density at radius 2 is 2.00 bits per heavy atom. The zero-order valence-corrected chi connectivity index (χ0v) is 12.0. The zero-order valence-electron chi connectivity index (χ0n) is 12.0. The van der Waals surface area contributed by atoms with Crippen LogP contribution < -0.4 is 5.73 Å². The minimum absolute atomic E-state index is 0.0280.